The summed E-state index contributed by atoms with van der Waals surface area (Å²) in [4.78, 5) is 2.37. The molecule has 2 aromatic rings. The number of nitrogens with zero attached hydrogens (tertiary/aromatic N) is 1. The molecular weight excluding hydrogens is 324 g/mol. The van der Waals surface area contributed by atoms with Gasteiger partial charge in [-0.05, 0) is 29.4 Å². The zero-order valence-electron chi connectivity index (χ0n) is 12.2. The first kappa shape index (κ1) is 16.6. The van der Waals surface area contributed by atoms with Gasteiger partial charge in [0.2, 0.25) is 10.0 Å². The van der Waals surface area contributed by atoms with Crippen molar-refractivity contribution in [2.75, 3.05) is 13.1 Å². The number of hydrogen-bond donors (Lipinski definition) is 1. The SMILES string of the molecule is CCNCc1sccc1S(=O)(=O)N(CC)Cc1cccs1. The Bertz CT molecular complexity index is 648. The van der Waals surface area contributed by atoms with Gasteiger partial charge in [-0.2, -0.15) is 4.31 Å². The van der Waals surface area contributed by atoms with Crippen molar-refractivity contribution in [1.82, 2.24) is 9.62 Å². The summed E-state index contributed by atoms with van der Waals surface area (Å²) < 4.78 is 27.2. The van der Waals surface area contributed by atoms with E-state index in [1.165, 1.54) is 15.6 Å². The molecular formula is C14H20N2O2S3. The van der Waals surface area contributed by atoms with Crippen LogP contribution in [0.15, 0.2) is 33.9 Å². The molecule has 2 rings (SSSR count). The van der Waals surface area contributed by atoms with Gasteiger partial charge in [0.05, 0.1) is 4.90 Å². The minimum Gasteiger partial charge on any atom is -0.312 e. The van der Waals surface area contributed by atoms with Gasteiger partial charge in [-0.25, -0.2) is 8.42 Å². The summed E-state index contributed by atoms with van der Waals surface area (Å²) in [6.45, 7) is 6.21. The van der Waals surface area contributed by atoms with Gasteiger partial charge in [-0.3, -0.25) is 0 Å². The Morgan fingerprint density at radius 2 is 2.00 bits per heavy atom. The Morgan fingerprint density at radius 3 is 2.62 bits per heavy atom. The highest BCUT2D eigenvalue weighted by Gasteiger charge is 2.26. The largest absolute Gasteiger partial charge is 0.312 e. The normalized spacial score (nSPS) is 12.1. The summed E-state index contributed by atoms with van der Waals surface area (Å²) in [6, 6.07) is 5.63. The second-order valence-corrected chi connectivity index (χ2v) is 8.44. The van der Waals surface area contributed by atoms with Crippen molar-refractivity contribution in [3.8, 4) is 0 Å². The average Bonchev–Trinajstić information content (AvgIpc) is 3.13. The van der Waals surface area contributed by atoms with E-state index in [1.54, 1.807) is 17.4 Å². The molecule has 1 N–H and O–H groups in total. The summed E-state index contributed by atoms with van der Waals surface area (Å²) in [5.41, 5.74) is 0. The highest BCUT2D eigenvalue weighted by Crippen LogP contribution is 2.26. The van der Waals surface area contributed by atoms with Crippen LogP contribution in [0.4, 0.5) is 0 Å². The molecule has 7 heteroatoms. The van der Waals surface area contributed by atoms with Gasteiger partial charge in [-0.1, -0.05) is 19.9 Å². The molecule has 0 bridgehead atoms. The smallest absolute Gasteiger partial charge is 0.244 e. The molecule has 4 nitrogen and oxygen atoms in total. The van der Waals surface area contributed by atoms with Crippen molar-refractivity contribution in [2.45, 2.75) is 31.8 Å². The second-order valence-electron chi connectivity index (χ2n) is 4.50. The predicted octanol–water partition coefficient (Wildman–Crippen LogP) is 3.13. The number of hydrogen-bond acceptors (Lipinski definition) is 5. The number of nitrogens with one attached hydrogen (secondary N) is 1. The molecule has 0 spiro atoms. The monoisotopic (exact) mass is 344 g/mol. The van der Waals surface area contributed by atoms with Crippen molar-refractivity contribution in [3.63, 3.8) is 0 Å². The van der Waals surface area contributed by atoms with E-state index in [0.29, 0.717) is 24.5 Å². The van der Waals surface area contributed by atoms with Crippen molar-refractivity contribution in [1.29, 1.82) is 0 Å². The lowest BCUT2D eigenvalue weighted by Crippen LogP contribution is -2.30. The van der Waals surface area contributed by atoms with Crippen molar-refractivity contribution in [2.24, 2.45) is 0 Å². The Hall–Kier alpha value is -0.730. The van der Waals surface area contributed by atoms with E-state index in [1.807, 2.05) is 36.7 Å². The van der Waals surface area contributed by atoms with Crippen molar-refractivity contribution in [3.05, 3.63) is 38.7 Å². The van der Waals surface area contributed by atoms with Gasteiger partial charge in [0.1, 0.15) is 0 Å². The van der Waals surface area contributed by atoms with Crippen LogP contribution in [0.3, 0.4) is 0 Å². The standard InChI is InChI=1S/C14H20N2O2S3/c1-3-15-10-13-14(7-9-20-13)21(17,18)16(4-2)11-12-6-5-8-19-12/h5-9,15H,3-4,10-11H2,1-2H3. The molecule has 116 valence electrons. The van der Waals surface area contributed by atoms with Gasteiger partial charge in [0.25, 0.3) is 0 Å². The topological polar surface area (TPSA) is 49.4 Å². The molecule has 0 fully saturated rings. The maximum Gasteiger partial charge on any atom is 0.244 e. The Labute approximate surface area is 134 Å². The first-order valence-electron chi connectivity index (χ1n) is 6.89. The maximum absolute atomic E-state index is 12.8. The molecule has 0 aliphatic carbocycles. The van der Waals surface area contributed by atoms with E-state index in [2.05, 4.69) is 5.32 Å². The van der Waals surface area contributed by atoms with Crippen LogP contribution >= 0.6 is 22.7 Å². The van der Waals surface area contributed by atoms with E-state index in [9.17, 15) is 8.42 Å². The highest BCUT2D eigenvalue weighted by molar-refractivity contribution is 7.89. The highest BCUT2D eigenvalue weighted by atomic mass is 32.2. The van der Waals surface area contributed by atoms with Crippen LogP contribution in [-0.4, -0.2) is 25.8 Å². The van der Waals surface area contributed by atoms with Crippen LogP contribution in [0.25, 0.3) is 0 Å². The van der Waals surface area contributed by atoms with Crippen LogP contribution in [-0.2, 0) is 23.1 Å². The molecule has 2 heterocycles. The second kappa shape index (κ2) is 7.51. The summed E-state index contributed by atoms with van der Waals surface area (Å²) in [5.74, 6) is 0. The van der Waals surface area contributed by atoms with Gasteiger partial charge in [-0.15, -0.1) is 22.7 Å². The Morgan fingerprint density at radius 1 is 1.19 bits per heavy atom. The van der Waals surface area contributed by atoms with Crippen molar-refractivity contribution < 1.29 is 8.42 Å². The molecule has 0 aliphatic heterocycles. The molecule has 0 saturated carbocycles. The number of sulfonamides is 1. The molecule has 0 amide bonds. The Balaban J connectivity index is 2.24. The molecule has 0 atom stereocenters. The summed E-state index contributed by atoms with van der Waals surface area (Å²) in [7, 11) is -3.43. The molecule has 0 saturated heterocycles. The van der Waals surface area contributed by atoms with Crippen LogP contribution in [0.1, 0.15) is 23.6 Å². The maximum atomic E-state index is 12.8. The summed E-state index contributed by atoms with van der Waals surface area (Å²) >= 11 is 3.07. The third-order valence-electron chi connectivity index (χ3n) is 3.12. The molecule has 21 heavy (non-hydrogen) atoms. The van der Waals surface area contributed by atoms with Crippen LogP contribution in [0, 0.1) is 0 Å². The van der Waals surface area contributed by atoms with Gasteiger partial charge in [0, 0.05) is 29.4 Å². The van der Waals surface area contributed by atoms with E-state index in [0.717, 1.165) is 16.3 Å². The average molecular weight is 345 g/mol. The van der Waals surface area contributed by atoms with Crippen LogP contribution < -0.4 is 5.32 Å². The van der Waals surface area contributed by atoms with Gasteiger partial charge in [0.15, 0.2) is 0 Å². The van der Waals surface area contributed by atoms with Gasteiger partial charge < -0.3 is 5.32 Å². The van der Waals surface area contributed by atoms with E-state index >= 15 is 0 Å². The third kappa shape index (κ3) is 3.92. The quantitative estimate of drug-likeness (QED) is 0.800. The van der Waals surface area contributed by atoms with E-state index in [-0.39, 0.29) is 0 Å². The molecule has 0 aromatic carbocycles. The first-order valence-corrected chi connectivity index (χ1v) is 10.1. The Kier molecular flexibility index (Phi) is 5.95. The molecule has 2 aromatic heterocycles. The zero-order chi connectivity index (χ0) is 15.3. The first-order chi connectivity index (χ1) is 10.1. The van der Waals surface area contributed by atoms with E-state index < -0.39 is 10.0 Å². The lowest BCUT2D eigenvalue weighted by molar-refractivity contribution is 0.426. The van der Waals surface area contributed by atoms with Gasteiger partial charge >= 0.3 is 0 Å². The summed E-state index contributed by atoms with van der Waals surface area (Å²) in [6.07, 6.45) is 0. The fourth-order valence-corrected chi connectivity index (χ4v) is 5.62. The lowest BCUT2D eigenvalue weighted by atomic mass is 10.4. The molecule has 0 radical (unpaired) electrons. The number of rotatable bonds is 8. The fraction of sp³-hybridized carbons (Fsp3) is 0.429. The van der Waals surface area contributed by atoms with Crippen LogP contribution in [0.5, 0.6) is 0 Å². The molecule has 0 unspecified atom stereocenters. The van der Waals surface area contributed by atoms with E-state index in [4.69, 9.17) is 0 Å². The third-order valence-corrected chi connectivity index (χ3v) is 7.04. The zero-order valence-corrected chi connectivity index (χ0v) is 14.7. The van der Waals surface area contributed by atoms with Crippen LogP contribution in [0.2, 0.25) is 0 Å². The predicted molar refractivity (Wildman–Crippen MR) is 89.3 cm³/mol. The lowest BCUT2D eigenvalue weighted by Gasteiger charge is -2.20. The van der Waals surface area contributed by atoms with Crippen molar-refractivity contribution >= 4 is 32.7 Å². The number of thiophene rings is 2. The summed E-state index contributed by atoms with van der Waals surface area (Å²) in [5, 5.41) is 7.01. The minimum atomic E-state index is -3.43. The fourth-order valence-electron chi connectivity index (χ4n) is 2.01. The molecule has 0 aliphatic rings. The minimum absolute atomic E-state index is 0.437.